The highest BCUT2D eigenvalue weighted by Gasteiger charge is 2.22. The van der Waals surface area contributed by atoms with E-state index in [2.05, 4.69) is 72.6 Å². The fourth-order valence-electron chi connectivity index (χ4n) is 0.996. The number of ketones is 2. The minimum Gasteiger partial charge on any atom is -0.505 e. The molecule has 0 aromatic heterocycles. The van der Waals surface area contributed by atoms with Crippen molar-refractivity contribution in [2.24, 2.45) is 0 Å². The first-order valence-corrected chi connectivity index (χ1v) is 12.1. The first-order chi connectivity index (χ1) is 19.3. The number of methoxy groups -OCH3 is 3. The van der Waals surface area contributed by atoms with Crippen LogP contribution in [0, 0.1) is 12.3 Å². The average molecular weight is 593 g/mol. The molecule has 1 fully saturated rings. The summed E-state index contributed by atoms with van der Waals surface area (Å²) in [5.41, 5.74) is 1.65. The summed E-state index contributed by atoms with van der Waals surface area (Å²) in [7, 11) is 4.20. The number of hydrogen-bond acceptors (Lipinski definition) is 9. The number of cyclic esters (lactones) is 1. The number of terminal acetylenes is 1. The van der Waals surface area contributed by atoms with Gasteiger partial charge < -0.3 is 18.9 Å². The molecule has 9 nitrogen and oxygen atoms in total. The molecular weight excluding hydrogens is 540 g/mol. The quantitative estimate of drug-likeness (QED) is 0.0881. The highest BCUT2D eigenvalue weighted by molar-refractivity contribution is 5.91. The molecular formula is C33H52O9. The number of hydrogen-bond donors (Lipinski definition) is 0. The smallest absolute Gasteiger partial charge is 0.333 e. The van der Waals surface area contributed by atoms with Gasteiger partial charge in [0, 0.05) is 23.6 Å². The third kappa shape index (κ3) is 70.3. The van der Waals surface area contributed by atoms with Crippen LogP contribution < -0.4 is 0 Å². The zero-order valence-electron chi connectivity index (χ0n) is 27.3. The molecule has 0 aromatic carbocycles. The van der Waals surface area contributed by atoms with Gasteiger partial charge in [-0.25, -0.2) is 14.4 Å². The van der Waals surface area contributed by atoms with E-state index in [1.807, 2.05) is 13.8 Å². The summed E-state index contributed by atoms with van der Waals surface area (Å²) < 4.78 is 17.5. The number of carbonyl (C=O) groups is 5. The van der Waals surface area contributed by atoms with Crippen molar-refractivity contribution in [2.45, 2.75) is 61.0 Å². The fraction of sp³-hybridized carbons (Fsp3) is 0.364. The molecule has 0 bridgehead atoms. The number of esters is 3. The van der Waals surface area contributed by atoms with Crippen LogP contribution in [0.2, 0.25) is 0 Å². The Balaban J connectivity index is -0.0000000682. The summed E-state index contributed by atoms with van der Waals surface area (Å²) in [5, 5.41) is 0. The van der Waals surface area contributed by atoms with Gasteiger partial charge in [0.05, 0.1) is 27.6 Å². The lowest BCUT2D eigenvalue weighted by atomic mass is 10.2. The van der Waals surface area contributed by atoms with Crippen LogP contribution in [0.5, 0.6) is 0 Å². The molecule has 238 valence electrons. The maximum absolute atomic E-state index is 10.5. The molecule has 1 aliphatic heterocycles. The maximum atomic E-state index is 10.5. The molecule has 1 heterocycles. The second-order valence-electron chi connectivity index (χ2n) is 7.27. The maximum Gasteiger partial charge on any atom is 0.333 e. The van der Waals surface area contributed by atoms with Gasteiger partial charge in [-0.15, -0.1) is 18.9 Å². The van der Waals surface area contributed by atoms with E-state index in [9.17, 15) is 24.0 Å². The topological polar surface area (TPSA) is 122 Å². The van der Waals surface area contributed by atoms with Crippen molar-refractivity contribution in [1.82, 2.24) is 0 Å². The normalized spacial score (nSPS) is 10.5. The first kappa shape index (κ1) is 53.5. The fourth-order valence-corrected chi connectivity index (χ4v) is 0.996. The van der Waals surface area contributed by atoms with Gasteiger partial charge in [-0.2, -0.15) is 0 Å². The van der Waals surface area contributed by atoms with Crippen LogP contribution >= 0.6 is 0 Å². The number of Topliss-reactive ketones (excluding diaryl/α,β-unsaturated/α-hetero) is 1. The van der Waals surface area contributed by atoms with Gasteiger partial charge in [0.2, 0.25) is 0 Å². The van der Waals surface area contributed by atoms with E-state index in [4.69, 9.17) is 4.74 Å². The lowest BCUT2D eigenvalue weighted by Gasteiger charge is -1.94. The van der Waals surface area contributed by atoms with Crippen molar-refractivity contribution in [3.8, 4) is 12.3 Å². The molecule has 0 saturated carbocycles. The summed E-state index contributed by atoms with van der Waals surface area (Å²) in [6, 6.07) is 0. The summed E-state index contributed by atoms with van der Waals surface area (Å²) in [6.07, 6.45) is 10.9. The van der Waals surface area contributed by atoms with Gasteiger partial charge in [0.15, 0.2) is 11.6 Å². The van der Waals surface area contributed by atoms with E-state index in [0.29, 0.717) is 23.1 Å². The first-order valence-electron chi connectivity index (χ1n) is 12.1. The van der Waals surface area contributed by atoms with Crippen molar-refractivity contribution in [3.63, 3.8) is 0 Å². The Morgan fingerprint density at radius 1 is 0.929 bits per heavy atom. The monoisotopic (exact) mass is 592 g/mol. The Labute approximate surface area is 254 Å². The Morgan fingerprint density at radius 3 is 1.29 bits per heavy atom. The molecule has 1 rings (SSSR count). The van der Waals surface area contributed by atoms with Crippen molar-refractivity contribution in [1.29, 1.82) is 0 Å². The summed E-state index contributed by atoms with van der Waals surface area (Å²) in [5.74, 6) is 1.35. The molecule has 42 heavy (non-hydrogen) atoms. The van der Waals surface area contributed by atoms with Gasteiger partial charge in [0.25, 0.3) is 0 Å². The predicted octanol–water partition coefficient (Wildman–Crippen LogP) is 6.48. The lowest BCUT2D eigenvalue weighted by Crippen LogP contribution is -1.99. The van der Waals surface area contributed by atoms with Crippen LogP contribution in [-0.4, -0.2) is 56.9 Å². The number of ether oxygens (including phenoxy) is 4. The highest BCUT2D eigenvalue weighted by Crippen LogP contribution is 2.16. The van der Waals surface area contributed by atoms with E-state index < -0.39 is 5.97 Å². The Hall–Kier alpha value is -4.71. The Bertz CT molecular complexity index is 870. The third-order valence-corrected chi connectivity index (χ3v) is 3.09. The minimum atomic E-state index is -0.394. The summed E-state index contributed by atoms with van der Waals surface area (Å²) in [4.78, 5) is 50.2. The van der Waals surface area contributed by atoms with Crippen LogP contribution in [-0.2, 0) is 42.9 Å². The molecule has 1 saturated heterocycles. The zero-order chi connectivity index (χ0) is 35.3. The van der Waals surface area contributed by atoms with Gasteiger partial charge in [-0.3, -0.25) is 9.59 Å². The second kappa shape index (κ2) is 43.3. The lowest BCUT2D eigenvalue weighted by molar-refractivity contribution is -0.138. The summed E-state index contributed by atoms with van der Waals surface area (Å²) in [6.45, 7) is 34.9. The molecule has 1 unspecified atom stereocenters. The van der Waals surface area contributed by atoms with Crippen LogP contribution in [0.15, 0.2) is 87.3 Å². The van der Waals surface area contributed by atoms with Crippen LogP contribution in [0.1, 0.15) is 54.9 Å². The molecule has 9 heteroatoms. The van der Waals surface area contributed by atoms with Crippen LogP contribution in [0.4, 0.5) is 0 Å². The number of rotatable bonds is 5. The number of carbonyl (C=O) groups excluding carboxylic acids is 5. The SMILES string of the molecule is C#CC.C=C(C)C(=O)OC.C=C(C)C(C)=O.C=C1CC(C)OC1=O.C=CC.C=CC(=O)OC.C=CC(C)=O.C=COC. The van der Waals surface area contributed by atoms with Crippen molar-refractivity contribution in [2.75, 3.05) is 21.3 Å². The van der Waals surface area contributed by atoms with Crippen molar-refractivity contribution < 1.29 is 42.9 Å². The molecule has 0 N–H and O–H groups in total. The highest BCUT2D eigenvalue weighted by atomic mass is 16.5. The zero-order valence-corrected chi connectivity index (χ0v) is 27.3. The third-order valence-electron chi connectivity index (χ3n) is 3.09. The molecule has 0 radical (unpaired) electrons. The Kier molecular flexibility index (Phi) is 55.2. The van der Waals surface area contributed by atoms with Gasteiger partial charge in [-0.1, -0.05) is 45.5 Å². The largest absolute Gasteiger partial charge is 0.505 e. The number of allylic oxidation sites excluding steroid dienone is 3. The molecule has 1 aliphatic rings. The molecule has 0 aromatic rings. The minimum absolute atomic E-state index is 0.0185. The molecule has 1 atom stereocenters. The molecule has 0 spiro atoms. The van der Waals surface area contributed by atoms with E-state index >= 15 is 0 Å². The van der Waals surface area contributed by atoms with Crippen LogP contribution in [0.3, 0.4) is 0 Å². The van der Waals surface area contributed by atoms with E-state index in [1.54, 1.807) is 34.0 Å². The van der Waals surface area contributed by atoms with Gasteiger partial charge in [-0.05, 0) is 60.1 Å². The van der Waals surface area contributed by atoms with E-state index in [1.165, 1.54) is 40.4 Å². The average Bonchev–Trinajstić information content (AvgIpc) is 3.23. The van der Waals surface area contributed by atoms with E-state index in [0.717, 1.165) is 6.08 Å². The Morgan fingerprint density at radius 2 is 1.26 bits per heavy atom. The van der Waals surface area contributed by atoms with Crippen LogP contribution in [0.25, 0.3) is 0 Å². The second-order valence-corrected chi connectivity index (χ2v) is 7.27. The van der Waals surface area contributed by atoms with Gasteiger partial charge >= 0.3 is 17.9 Å². The van der Waals surface area contributed by atoms with Crippen molar-refractivity contribution in [3.05, 3.63) is 87.3 Å². The molecule has 0 aliphatic carbocycles. The van der Waals surface area contributed by atoms with E-state index in [-0.39, 0.29) is 29.6 Å². The predicted molar refractivity (Wildman–Crippen MR) is 172 cm³/mol. The standard InChI is InChI=1S/C6H8O2.C5H8O2.C5H8O.C4H6O2.C4H6O.C3H6O.C3H6.C3H4/c1-4-3-5(2)8-6(4)7;1-4(2)5(6)7-3;1-4(2)5(3)6;1-3-4(5)6-2;1-3-4(2)5;1-3-4-2;2*1-3-2/h5H,1,3H2,2H3;1H2,2-3H3;1H2,2-3H3;3H,1H2,2H3;3H,1H2,2H3;3H,1H2,2H3;3H,1H2,2H3;1H,2H3. The molecule has 0 amide bonds. The van der Waals surface area contributed by atoms with Gasteiger partial charge in [0.1, 0.15) is 6.10 Å². The van der Waals surface area contributed by atoms with Crippen molar-refractivity contribution >= 4 is 29.5 Å². The summed E-state index contributed by atoms with van der Waals surface area (Å²) >= 11 is 0.